The van der Waals surface area contributed by atoms with Crippen molar-refractivity contribution in [3.8, 4) is 17.2 Å². The van der Waals surface area contributed by atoms with E-state index in [0.29, 0.717) is 32.9 Å². The predicted molar refractivity (Wildman–Crippen MR) is 80.2 cm³/mol. The fourth-order valence-corrected chi connectivity index (χ4v) is 2.21. The van der Waals surface area contributed by atoms with E-state index in [2.05, 4.69) is 0 Å². The number of benzene rings is 2. The Morgan fingerprint density at radius 3 is 2.25 bits per heavy atom. The largest absolute Gasteiger partial charge is 0.496 e. The third-order valence-electron chi connectivity index (χ3n) is 2.80. The summed E-state index contributed by atoms with van der Waals surface area (Å²) >= 11 is 12.1. The molecule has 106 valence electrons. The van der Waals surface area contributed by atoms with Crippen LogP contribution in [0.2, 0.25) is 10.0 Å². The summed E-state index contributed by atoms with van der Waals surface area (Å²) in [4.78, 5) is 0. The number of halogens is 2. The Balaban J connectivity index is 2.46. The summed E-state index contributed by atoms with van der Waals surface area (Å²) in [6.07, 6.45) is -0.737. The van der Waals surface area contributed by atoms with Gasteiger partial charge in [0.1, 0.15) is 22.3 Å². The summed E-state index contributed by atoms with van der Waals surface area (Å²) in [5, 5.41) is 10.6. The van der Waals surface area contributed by atoms with Gasteiger partial charge >= 0.3 is 0 Å². The van der Waals surface area contributed by atoms with Crippen molar-refractivity contribution in [1.29, 1.82) is 0 Å². The Hall–Kier alpha value is -1.42. The normalized spacial score (nSPS) is 12.1. The SMILES string of the molecule is COc1cccc(Oc2cccc(Cl)c2Cl)c1C(C)O. The zero-order valence-corrected chi connectivity index (χ0v) is 12.6. The summed E-state index contributed by atoms with van der Waals surface area (Å²) in [6.45, 7) is 1.64. The van der Waals surface area contributed by atoms with E-state index in [1.807, 2.05) is 0 Å². The molecule has 5 heteroatoms. The zero-order chi connectivity index (χ0) is 14.7. The van der Waals surface area contributed by atoms with E-state index in [4.69, 9.17) is 32.7 Å². The fourth-order valence-electron chi connectivity index (χ4n) is 1.88. The van der Waals surface area contributed by atoms with Gasteiger partial charge in [-0.1, -0.05) is 35.3 Å². The maximum atomic E-state index is 9.90. The van der Waals surface area contributed by atoms with Crippen LogP contribution in [0.3, 0.4) is 0 Å². The van der Waals surface area contributed by atoms with Crippen molar-refractivity contribution in [3.05, 3.63) is 52.0 Å². The van der Waals surface area contributed by atoms with Gasteiger partial charge in [0.15, 0.2) is 0 Å². The molecule has 1 atom stereocenters. The molecule has 0 saturated heterocycles. The van der Waals surface area contributed by atoms with Crippen molar-refractivity contribution in [1.82, 2.24) is 0 Å². The maximum Gasteiger partial charge on any atom is 0.147 e. The second-order valence-corrected chi connectivity index (χ2v) is 4.99. The topological polar surface area (TPSA) is 38.7 Å². The van der Waals surface area contributed by atoms with Crippen molar-refractivity contribution < 1.29 is 14.6 Å². The monoisotopic (exact) mass is 312 g/mol. The van der Waals surface area contributed by atoms with E-state index in [0.717, 1.165) is 0 Å². The van der Waals surface area contributed by atoms with E-state index in [-0.39, 0.29) is 0 Å². The molecule has 0 radical (unpaired) electrons. The molecular formula is C15H14Cl2O3. The Kier molecular flexibility index (Phi) is 4.76. The van der Waals surface area contributed by atoms with E-state index >= 15 is 0 Å². The number of methoxy groups -OCH3 is 1. The van der Waals surface area contributed by atoms with Crippen LogP contribution in [0.4, 0.5) is 0 Å². The summed E-state index contributed by atoms with van der Waals surface area (Å²) in [5.41, 5.74) is 0.561. The van der Waals surface area contributed by atoms with Crippen LogP contribution in [-0.2, 0) is 0 Å². The number of ether oxygens (including phenoxy) is 2. The molecule has 0 bridgehead atoms. The minimum atomic E-state index is -0.737. The molecule has 0 aliphatic rings. The van der Waals surface area contributed by atoms with Gasteiger partial charge in [0.05, 0.1) is 23.8 Å². The quantitative estimate of drug-likeness (QED) is 0.877. The van der Waals surface area contributed by atoms with Crippen LogP contribution in [0, 0.1) is 0 Å². The average Bonchev–Trinajstić information content (AvgIpc) is 2.43. The second-order valence-electron chi connectivity index (χ2n) is 4.20. The molecule has 2 rings (SSSR count). The van der Waals surface area contributed by atoms with E-state index in [1.54, 1.807) is 43.3 Å². The first-order valence-electron chi connectivity index (χ1n) is 6.01. The summed E-state index contributed by atoms with van der Waals surface area (Å²) in [5.74, 6) is 1.45. The molecule has 1 N–H and O–H groups in total. The Morgan fingerprint density at radius 1 is 1.00 bits per heavy atom. The van der Waals surface area contributed by atoms with Gasteiger partial charge in [0.25, 0.3) is 0 Å². The number of aliphatic hydroxyl groups excluding tert-OH is 1. The highest BCUT2D eigenvalue weighted by molar-refractivity contribution is 6.42. The lowest BCUT2D eigenvalue weighted by atomic mass is 10.1. The lowest BCUT2D eigenvalue weighted by Crippen LogP contribution is -2.00. The summed E-state index contributed by atoms with van der Waals surface area (Å²) in [7, 11) is 1.54. The summed E-state index contributed by atoms with van der Waals surface area (Å²) < 4.78 is 11.0. The molecule has 0 aliphatic heterocycles. The highest BCUT2D eigenvalue weighted by Gasteiger charge is 2.17. The van der Waals surface area contributed by atoms with Crippen LogP contribution in [0.25, 0.3) is 0 Å². The molecule has 1 unspecified atom stereocenters. The molecule has 0 aromatic heterocycles. The Bertz CT molecular complexity index is 612. The van der Waals surface area contributed by atoms with Gasteiger partial charge in [-0.3, -0.25) is 0 Å². The first-order chi connectivity index (χ1) is 9.54. The molecular weight excluding hydrogens is 299 g/mol. The van der Waals surface area contributed by atoms with E-state index < -0.39 is 6.10 Å². The highest BCUT2D eigenvalue weighted by Crippen LogP contribution is 2.40. The third-order valence-corrected chi connectivity index (χ3v) is 3.60. The molecule has 0 fully saturated rings. The standard InChI is InChI=1S/C15H14Cl2O3/c1-9(18)14-11(19-2)6-4-7-12(14)20-13-8-3-5-10(16)15(13)17/h3-9,18H,1-2H3. The van der Waals surface area contributed by atoms with E-state index in [1.165, 1.54) is 7.11 Å². The van der Waals surface area contributed by atoms with Crippen LogP contribution in [0.1, 0.15) is 18.6 Å². The van der Waals surface area contributed by atoms with Crippen molar-refractivity contribution in [2.24, 2.45) is 0 Å². The molecule has 2 aromatic rings. The number of hydrogen-bond acceptors (Lipinski definition) is 3. The van der Waals surface area contributed by atoms with Crippen LogP contribution >= 0.6 is 23.2 Å². The average molecular weight is 313 g/mol. The van der Waals surface area contributed by atoms with Gasteiger partial charge < -0.3 is 14.6 Å². The van der Waals surface area contributed by atoms with Crippen molar-refractivity contribution in [3.63, 3.8) is 0 Å². The predicted octanol–water partition coefficient (Wildman–Crippen LogP) is 4.85. The van der Waals surface area contributed by atoms with Crippen LogP contribution in [-0.4, -0.2) is 12.2 Å². The van der Waals surface area contributed by atoms with Crippen LogP contribution < -0.4 is 9.47 Å². The number of aliphatic hydroxyl groups is 1. The first-order valence-corrected chi connectivity index (χ1v) is 6.77. The van der Waals surface area contributed by atoms with Gasteiger partial charge in [0, 0.05) is 0 Å². The molecule has 0 saturated carbocycles. The van der Waals surface area contributed by atoms with Gasteiger partial charge in [-0.05, 0) is 31.2 Å². The van der Waals surface area contributed by atoms with Gasteiger partial charge in [-0.2, -0.15) is 0 Å². The third kappa shape index (κ3) is 3.01. The first kappa shape index (κ1) is 15.0. The van der Waals surface area contributed by atoms with Gasteiger partial charge in [-0.25, -0.2) is 0 Å². The second kappa shape index (κ2) is 6.35. The zero-order valence-electron chi connectivity index (χ0n) is 11.1. The molecule has 0 spiro atoms. The number of rotatable bonds is 4. The molecule has 0 heterocycles. The molecule has 0 amide bonds. The smallest absolute Gasteiger partial charge is 0.147 e. The van der Waals surface area contributed by atoms with Crippen molar-refractivity contribution in [2.75, 3.05) is 7.11 Å². The maximum absolute atomic E-state index is 9.90. The molecule has 2 aromatic carbocycles. The highest BCUT2D eigenvalue weighted by atomic mass is 35.5. The summed E-state index contributed by atoms with van der Waals surface area (Å²) in [6, 6.07) is 10.4. The van der Waals surface area contributed by atoms with Crippen LogP contribution in [0.15, 0.2) is 36.4 Å². The van der Waals surface area contributed by atoms with Gasteiger partial charge in [0.2, 0.25) is 0 Å². The van der Waals surface area contributed by atoms with Gasteiger partial charge in [-0.15, -0.1) is 0 Å². The minimum absolute atomic E-state index is 0.327. The lowest BCUT2D eigenvalue weighted by Gasteiger charge is -2.17. The fraction of sp³-hybridized carbons (Fsp3) is 0.200. The Labute approximate surface area is 127 Å². The van der Waals surface area contributed by atoms with Crippen LogP contribution in [0.5, 0.6) is 17.2 Å². The molecule has 3 nitrogen and oxygen atoms in total. The Morgan fingerprint density at radius 2 is 1.60 bits per heavy atom. The lowest BCUT2D eigenvalue weighted by molar-refractivity contribution is 0.190. The van der Waals surface area contributed by atoms with E-state index in [9.17, 15) is 5.11 Å². The van der Waals surface area contributed by atoms with Crippen molar-refractivity contribution >= 4 is 23.2 Å². The molecule has 20 heavy (non-hydrogen) atoms. The van der Waals surface area contributed by atoms with Crippen molar-refractivity contribution in [2.45, 2.75) is 13.0 Å². The molecule has 0 aliphatic carbocycles. The minimum Gasteiger partial charge on any atom is -0.496 e. The number of hydrogen-bond donors (Lipinski definition) is 1.